The molecule has 0 aliphatic heterocycles. The molecular formula is C13H21N3O3. The molecule has 2 N–H and O–H groups in total. The summed E-state index contributed by atoms with van der Waals surface area (Å²) in [6.07, 6.45) is 3.05. The van der Waals surface area contributed by atoms with E-state index in [1.165, 1.54) is 0 Å². The standard InChI is InChI=1S/C13H21N3O3/c1-13(2,3)19-12(17)15-11-6-10(7-11)14-8-9-4-5-18-16-9/h4-5,10-11,14H,6-8H2,1-3H3,(H,15,17). The maximum absolute atomic E-state index is 11.5. The molecule has 0 unspecified atom stereocenters. The van der Waals surface area contributed by atoms with Crippen LogP contribution in [0.25, 0.3) is 0 Å². The summed E-state index contributed by atoms with van der Waals surface area (Å²) < 4.78 is 9.96. The van der Waals surface area contributed by atoms with Gasteiger partial charge in [-0.15, -0.1) is 0 Å². The first kappa shape index (κ1) is 13.9. The molecule has 106 valence electrons. The van der Waals surface area contributed by atoms with Crippen LogP contribution < -0.4 is 10.6 Å². The first-order valence-electron chi connectivity index (χ1n) is 6.54. The van der Waals surface area contributed by atoms with Crippen molar-refractivity contribution in [2.24, 2.45) is 0 Å². The number of aromatic nitrogens is 1. The van der Waals surface area contributed by atoms with Gasteiger partial charge in [0, 0.05) is 24.7 Å². The van der Waals surface area contributed by atoms with Crippen molar-refractivity contribution in [2.45, 2.75) is 57.8 Å². The molecule has 0 aromatic carbocycles. The smallest absolute Gasteiger partial charge is 0.407 e. The van der Waals surface area contributed by atoms with Gasteiger partial charge in [-0.2, -0.15) is 0 Å². The van der Waals surface area contributed by atoms with Gasteiger partial charge in [-0.1, -0.05) is 5.16 Å². The van der Waals surface area contributed by atoms with E-state index in [0.717, 1.165) is 18.5 Å². The third-order valence-electron chi connectivity index (χ3n) is 2.92. The van der Waals surface area contributed by atoms with Gasteiger partial charge in [0.25, 0.3) is 0 Å². The SMILES string of the molecule is CC(C)(C)OC(=O)NC1CC(NCc2ccon2)C1. The number of amides is 1. The number of ether oxygens (including phenoxy) is 1. The molecule has 1 aromatic heterocycles. The van der Waals surface area contributed by atoms with Gasteiger partial charge in [0.15, 0.2) is 0 Å². The minimum absolute atomic E-state index is 0.199. The molecule has 0 atom stereocenters. The lowest BCUT2D eigenvalue weighted by atomic mass is 9.87. The van der Waals surface area contributed by atoms with Crippen LogP contribution in [0.3, 0.4) is 0 Å². The Morgan fingerprint density at radius 3 is 2.79 bits per heavy atom. The van der Waals surface area contributed by atoms with Gasteiger partial charge < -0.3 is 19.9 Å². The normalized spacial score (nSPS) is 22.7. The monoisotopic (exact) mass is 267 g/mol. The molecule has 6 nitrogen and oxygen atoms in total. The molecule has 1 fully saturated rings. The average Bonchev–Trinajstić information content (AvgIpc) is 2.71. The summed E-state index contributed by atoms with van der Waals surface area (Å²) in [6.45, 7) is 6.27. The highest BCUT2D eigenvalue weighted by Crippen LogP contribution is 2.21. The summed E-state index contributed by atoms with van der Waals surface area (Å²) in [5, 5.41) is 10.0. The molecule has 1 aromatic rings. The van der Waals surface area contributed by atoms with E-state index >= 15 is 0 Å². The van der Waals surface area contributed by atoms with Crippen LogP contribution in [-0.2, 0) is 11.3 Å². The molecule has 19 heavy (non-hydrogen) atoms. The number of hydrogen-bond donors (Lipinski definition) is 2. The fourth-order valence-corrected chi connectivity index (χ4v) is 1.95. The molecule has 0 radical (unpaired) electrons. The van der Waals surface area contributed by atoms with E-state index in [9.17, 15) is 4.79 Å². The molecule has 6 heteroatoms. The van der Waals surface area contributed by atoms with Gasteiger partial charge in [0.1, 0.15) is 11.9 Å². The van der Waals surface area contributed by atoms with Gasteiger partial charge in [-0.05, 0) is 33.6 Å². The third kappa shape index (κ3) is 4.55. The fourth-order valence-electron chi connectivity index (χ4n) is 1.95. The zero-order valence-electron chi connectivity index (χ0n) is 11.6. The van der Waals surface area contributed by atoms with Gasteiger partial charge in [0.05, 0.1) is 5.69 Å². The van der Waals surface area contributed by atoms with E-state index in [1.807, 2.05) is 26.8 Å². The Morgan fingerprint density at radius 2 is 2.21 bits per heavy atom. The van der Waals surface area contributed by atoms with Gasteiger partial charge in [-0.25, -0.2) is 4.79 Å². The van der Waals surface area contributed by atoms with Crippen LogP contribution in [0.4, 0.5) is 4.79 Å². The number of rotatable bonds is 4. The number of hydrogen-bond acceptors (Lipinski definition) is 5. The van der Waals surface area contributed by atoms with Crippen molar-refractivity contribution in [3.8, 4) is 0 Å². The molecular weight excluding hydrogens is 246 g/mol. The molecule has 0 spiro atoms. The first-order chi connectivity index (χ1) is 8.92. The lowest BCUT2D eigenvalue weighted by Gasteiger charge is -2.36. The lowest BCUT2D eigenvalue weighted by molar-refractivity contribution is 0.0465. The predicted molar refractivity (Wildman–Crippen MR) is 69.5 cm³/mol. The molecule has 1 saturated carbocycles. The molecule has 0 bridgehead atoms. The number of carbonyl (C=O) groups excluding carboxylic acids is 1. The summed E-state index contributed by atoms with van der Waals surface area (Å²) in [5.41, 5.74) is 0.446. The van der Waals surface area contributed by atoms with Crippen molar-refractivity contribution in [2.75, 3.05) is 0 Å². The minimum Gasteiger partial charge on any atom is -0.444 e. The van der Waals surface area contributed by atoms with E-state index in [2.05, 4.69) is 15.8 Å². The van der Waals surface area contributed by atoms with Crippen LogP contribution in [0.15, 0.2) is 16.9 Å². The Morgan fingerprint density at radius 1 is 1.47 bits per heavy atom. The molecule has 0 saturated heterocycles. The number of alkyl carbamates (subject to hydrolysis) is 1. The van der Waals surface area contributed by atoms with E-state index in [-0.39, 0.29) is 12.1 Å². The highest BCUT2D eigenvalue weighted by molar-refractivity contribution is 5.68. The molecule has 1 heterocycles. The highest BCUT2D eigenvalue weighted by atomic mass is 16.6. The van der Waals surface area contributed by atoms with Crippen LogP contribution in [-0.4, -0.2) is 28.9 Å². The highest BCUT2D eigenvalue weighted by Gasteiger charge is 2.31. The van der Waals surface area contributed by atoms with Crippen LogP contribution in [0.1, 0.15) is 39.3 Å². The number of carbonyl (C=O) groups is 1. The van der Waals surface area contributed by atoms with Gasteiger partial charge in [-0.3, -0.25) is 0 Å². The summed E-state index contributed by atoms with van der Waals surface area (Å²) in [4.78, 5) is 11.5. The summed E-state index contributed by atoms with van der Waals surface area (Å²) in [7, 11) is 0. The second kappa shape index (κ2) is 5.61. The quantitative estimate of drug-likeness (QED) is 0.870. The maximum Gasteiger partial charge on any atom is 0.407 e. The van der Waals surface area contributed by atoms with Crippen LogP contribution >= 0.6 is 0 Å². The maximum atomic E-state index is 11.5. The van der Waals surface area contributed by atoms with Crippen LogP contribution in [0, 0.1) is 0 Å². The Balaban J connectivity index is 1.60. The summed E-state index contributed by atoms with van der Waals surface area (Å²) in [5.74, 6) is 0. The number of nitrogens with one attached hydrogen (secondary N) is 2. The van der Waals surface area contributed by atoms with Crippen LogP contribution in [0.5, 0.6) is 0 Å². The van der Waals surface area contributed by atoms with Crippen molar-refractivity contribution >= 4 is 6.09 Å². The molecule has 2 rings (SSSR count). The van der Waals surface area contributed by atoms with E-state index in [1.54, 1.807) is 6.26 Å². The summed E-state index contributed by atoms with van der Waals surface area (Å²) >= 11 is 0. The zero-order chi connectivity index (χ0) is 13.9. The minimum atomic E-state index is -0.446. The van der Waals surface area contributed by atoms with E-state index in [0.29, 0.717) is 12.6 Å². The first-order valence-corrected chi connectivity index (χ1v) is 6.54. The molecule has 1 aliphatic rings. The zero-order valence-corrected chi connectivity index (χ0v) is 11.6. The van der Waals surface area contributed by atoms with Crippen molar-refractivity contribution in [1.29, 1.82) is 0 Å². The fraction of sp³-hybridized carbons (Fsp3) is 0.692. The van der Waals surface area contributed by atoms with Crippen molar-refractivity contribution < 1.29 is 14.1 Å². The Labute approximate surface area is 112 Å². The molecule has 1 amide bonds. The average molecular weight is 267 g/mol. The van der Waals surface area contributed by atoms with Crippen molar-refractivity contribution in [3.63, 3.8) is 0 Å². The second-order valence-electron chi connectivity index (χ2n) is 5.88. The Bertz CT molecular complexity index is 405. The topological polar surface area (TPSA) is 76.4 Å². The Kier molecular flexibility index (Phi) is 4.09. The largest absolute Gasteiger partial charge is 0.444 e. The Hall–Kier alpha value is -1.56. The van der Waals surface area contributed by atoms with E-state index in [4.69, 9.17) is 9.26 Å². The van der Waals surface area contributed by atoms with Crippen LogP contribution in [0.2, 0.25) is 0 Å². The predicted octanol–water partition coefficient (Wildman–Crippen LogP) is 1.82. The molecule has 1 aliphatic carbocycles. The van der Waals surface area contributed by atoms with Crippen molar-refractivity contribution in [1.82, 2.24) is 15.8 Å². The van der Waals surface area contributed by atoms with Gasteiger partial charge in [0.2, 0.25) is 0 Å². The van der Waals surface area contributed by atoms with Crippen molar-refractivity contribution in [3.05, 3.63) is 18.0 Å². The summed E-state index contributed by atoms with van der Waals surface area (Å²) in [6, 6.07) is 2.45. The second-order valence-corrected chi connectivity index (χ2v) is 5.88. The lowest BCUT2D eigenvalue weighted by Crippen LogP contribution is -2.53. The van der Waals surface area contributed by atoms with Gasteiger partial charge >= 0.3 is 6.09 Å². The third-order valence-corrected chi connectivity index (χ3v) is 2.92. The number of nitrogens with zero attached hydrogens (tertiary/aromatic N) is 1. The van der Waals surface area contributed by atoms with E-state index < -0.39 is 5.60 Å².